The third-order valence-electron chi connectivity index (χ3n) is 4.23. The van der Waals surface area contributed by atoms with Gasteiger partial charge in [0.1, 0.15) is 0 Å². The van der Waals surface area contributed by atoms with Gasteiger partial charge in [-0.25, -0.2) is 0 Å². The zero-order chi connectivity index (χ0) is 18.4. The molecule has 1 atom stereocenters. The molecule has 4 heteroatoms. The van der Waals surface area contributed by atoms with E-state index in [-0.39, 0.29) is 18.5 Å². The molecule has 0 unspecified atom stereocenters. The molecule has 3 nitrogen and oxygen atoms in total. The average molecular weight is 365 g/mol. The van der Waals surface area contributed by atoms with E-state index in [0.29, 0.717) is 5.02 Å². The lowest BCUT2D eigenvalue weighted by Crippen LogP contribution is -2.30. The topological polar surface area (TPSA) is 41.1 Å². The first-order chi connectivity index (χ1) is 12.6. The number of nitrogens with one attached hydrogen (secondary N) is 2. The van der Waals surface area contributed by atoms with Gasteiger partial charge in [-0.2, -0.15) is 0 Å². The summed E-state index contributed by atoms with van der Waals surface area (Å²) in [4.78, 5) is 12.4. The van der Waals surface area contributed by atoms with E-state index in [0.717, 1.165) is 22.4 Å². The third kappa shape index (κ3) is 4.51. The van der Waals surface area contributed by atoms with Crippen molar-refractivity contribution in [1.82, 2.24) is 5.32 Å². The van der Waals surface area contributed by atoms with Crippen LogP contribution >= 0.6 is 11.6 Å². The van der Waals surface area contributed by atoms with Gasteiger partial charge in [0.15, 0.2) is 0 Å². The third-order valence-corrected chi connectivity index (χ3v) is 4.57. The molecular weight excluding hydrogens is 344 g/mol. The van der Waals surface area contributed by atoms with Crippen molar-refractivity contribution in [2.24, 2.45) is 0 Å². The minimum Gasteiger partial charge on any atom is -0.324 e. The number of anilines is 1. The molecule has 0 saturated heterocycles. The van der Waals surface area contributed by atoms with Crippen LogP contribution in [0.1, 0.15) is 18.5 Å². The summed E-state index contributed by atoms with van der Waals surface area (Å²) < 4.78 is 0. The fourth-order valence-corrected chi connectivity index (χ4v) is 3.14. The van der Waals surface area contributed by atoms with Crippen LogP contribution in [-0.4, -0.2) is 12.5 Å². The van der Waals surface area contributed by atoms with Crippen LogP contribution in [0.25, 0.3) is 11.1 Å². The number of carbonyl (C=O) groups excluding carboxylic acids is 1. The number of amides is 1. The maximum Gasteiger partial charge on any atom is 0.238 e. The Morgan fingerprint density at radius 1 is 0.923 bits per heavy atom. The molecule has 2 N–H and O–H groups in total. The first-order valence-electron chi connectivity index (χ1n) is 8.57. The molecule has 3 rings (SSSR count). The fourth-order valence-electron chi connectivity index (χ4n) is 2.84. The summed E-state index contributed by atoms with van der Waals surface area (Å²) in [5.41, 5.74) is 3.85. The minimum absolute atomic E-state index is 0.0150. The summed E-state index contributed by atoms with van der Waals surface area (Å²) in [6.45, 7) is 2.20. The highest BCUT2D eigenvalue weighted by Gasteiger charge is 2.12. The molecule has 0 radical (unpaired) electrons. The average Bonchev–Trinajstić information content (AvgIpc) is 2.67. The van der Waals surface area contributed by atoms with Gasteiger partial charge < -0.3 is 10.6 Å². The van der Waals surface area contributed by atoms with Gasteiger partial charge in [0.05, 0.1) is 6.54 Å². The molecule has 0 heterocycles. The van der Waals surface area contributed by atoms with Gasteiger partial charge in [-0.3, -0.25) is 4.79 Å². The van der Waals surface area contributed by atoms with Crippen molar-refractivity contribution < 1.29 is 4.79 Å². The maximum atomic E-state index is 12.4. The monoisotopic (exact) mass is 364 g/mol. The van der Waals surface area contributed by atoms with Crippen molar-refractivity contribution in [3.63, 3.8) is 0 Å². The lowest BCUT2D eigenvalue weighted by Gasteiger charge is -2.16. The summed E-state index contributed by atoms with van der Waals surface area (Å²) in [7, 11) is 0. The second-order valence-electron chi connectivity index (χ2n) is 6.08. The predicted molar refractivity (Wildman–Crippen MR) is 108 cm³/mol. The van der Waals surface area contributed by atoms with Crippen LogP contribution in [0.5, 0.6) is 0 Å². The van der Waals surface area contributed by atoms with Crippen molar-refractivity contribution in [1.29, 1.82) is 0 Å². The Kier molecular flexibility index (Phi) is 6.05. The molecule has 0 aliphatic rings. The second kappa shape index (κ2) is 8.65. The quantitative estimate of drug-likeness (QED) is 0.623. The lowest BCUT2D eigenvalue weighted by molar-refractivity contribution is -0.115. The molecule has 0 saturated carbocycles. The molecular formula is C22H21ClN2O. The van der Waals surface area contributed by atoms with E-state index in [1.807, 2.05) is 85.8 Å². The number of halogens is 1. The summed E-state index contributed by atoms with van der Waals surface area (Å²) in [5.74, 6) is -0.0905. The normalized spacial score (nSPS) is 11.8. The largest absolute Gasteiger partial charge is 0.324 e. The zero-order valence-corrected chi connectivity index (χ0v) is 15.3. The van der Waals surface area contributed by atoms with E-state index < -0.39 is 0 Å². The molecule has 0 aliphatic heterocycles. The van der Waals surface area contributed by atoms with Crippen LogP contribution in [-0.2, 0) is 4.79 Å². The van der Waals surface area contributed by atoms with Gasteiger partial charge >= 0.3 is 0 Å². The number of hydrogen-bond acceptors (Lipinski definition) is 2. The number of hydrogen-bond donors (Lipinski definition) is 2. The highest BCUT2D eigenvalue weighted by molar-refractivity contribution is 6.31. The summed E-state index contributed by atoms with van der Waals surface area (Å²) >= 11 is 6.21. The van der Waals surface area contributed by atoms with Gasteiger partial charge in [-0.1, -0.05) is 78.3 Å². The van der Waals surface area contributed by atoms with E-state index in [4.69, 9.17) is 11.6 Å². The van der Waals surface area contributed by atoms with Crippen molar-refractivity contribution >= 4 is 23.2 Å². The number of carbonyl (C=O) groups is 1. The molecule has 0 fully saturated rings. The Hall–Kier alpha value is -2.62. The minimum atomic E-state index is -0.0905. The number of para-hydroxylation sites is 1. The standard InChI is InChI=1S/C22H21ClN2O/c1-16(18-11-5-7-13-20(18)23)24-15-22(26)25-21-14-8-6-12-19(21)17-9-3-2-4-10-17/h2-14,16,24H,15H2,1H3,(H,25,26)/t16-/m0/s1. The SMILES string of the molecule is C[C@H](NCC(=O)Nc1ccccc1-c1ccccc1)c1ccccc1Cl. The van der Waals surface area contributed by atoms with Crippen LogP contribution in [0, 0.1) is 0 Å². The highest BCUT2D eigenvalue weighted by atomic mass is 35.5. The van der Waals surface area contributed by atoms with Crippen molar-refractivity contribution in [2.75, 3.05) is 11.9 Å². The fraction of sp³-hybridized carbons (Fsp3) is 0.136. The Bertz CT molecular complexity index is 880. The van der Waals surface area contributed by atoms with E-state index >= 15 is 0 Å². The Balaban J connectivity index is 1.65. The smallest absolute Gasteiger partial charge is 0.238 e. The summed E-state index contributed by atoms with van der Waals surface area (Å²) in [5, 5.41) is 6.92. The second-order valence-corrected chi connectivity index (χ2v) is 6.49. The molecule has 26 heavy (non-hydrogen) atoms. The van der Waals surface area contributed by atoms with Crippen LogP contribution in [0.2, 0.25) is 5.02 Å². The molecule has 3 aromatic rings. The van der Waals surface area contributed by atoms with Gasteiger partial charge in [0.25, 0.3) is 0 Å². The van der Waals surface area contributed by atoms with Crippen LogP contribution < -0.4 is 10.6 Å². The zero-order valence-electron chi connectivity index (χ0n) is 14.6. The number of rotatable bonds is 6. The summed E-state index contributed by atoms with van der Waals surface area (Å²) in [6, 6.07) is 25.5. The van der Waals surface area contributed by atoms with E-state index in [1.54, 1.807) is 0 Å². The summed E-state index contributed by atoms with van der Waals surface area (Å²) in [6.07, 6.45) is 0. The maximum absolute atomic E-state index is 12.4. The van der Waals surface area contributed by atoms with Gasteiger partial charge in [0.2, 0.25) is 5.91 Å². The first kappa shape index (κ1) is 18.2. The molecule has 0 spiro atoms. The van der Waals surface area contributed by atoms with Gasteiger partial charge in [0, 0.05) is 22.3 Å². The molecule has 0 aliphatic carbocycles. The molecule has 1 amide bonds. The van der Waals surface area contributed by atoms with Gasteiger partial charge in [-0.05, 0) is 30.2 Å². The lowest BCUT2D eigenvalue weighted by atomic mass is 10.0. The molecule has 0 aromatic heterocycles. The molecule has 3 aromatic carbocycles. The number of benzene rings is 3. The Morgan fingerprint density at radius 3 is 2.35 bits per heavy atom. The van der Waals surface area contributed by atoms with Crippen molar-refractivity contribution in [3.8, 4) is 11.1 Å². The van der Waals surface area contributed by atoms with E-state index in [9.17, 15) is 4.79 Å². The van der Waals surface area contributed by atoms with Crippen LogP contribution in [0.4, 0.5) is 5.69 Å². The first-order valence-corrected chi connectivity index (χ1v) is 8.95. The van der Waals surface area contributed by atoms with E-state index in [1.165, 1.54) is 0 Å². The molecule has 0 bridgehead atoms. The molecule has 132 valence electrons. The van der Waals surface area contributed by atoms with Crippen LogP contribution in [0.3, 0.4) is 0 Å². The van der Waals surface area contributed by atoms with Crippen LogP contribution in [0.15, 0.2) is 78.9 Å². The van der Waals surface area contributed by atoms with Crippen molar-refractivity contribution in [3.05, 3.63) is 89.4 Å². The van der Waals surface area contributed by atoms with E-state index in [2.05, 4.69) is 10.6 Å². The highest BCUT2D eigenvalue weighted by Crippen LogP contribution is 2.27. The van der Waals surface area contributed by atoms with Gasteiger partial charge in [-0.15, -0.1) is 0 Å². The Morgan fingerprint density at radius 2 is 1.58 bits per heavy atom. The predicted octanol–water partition coefficient (Wildman–Crippen LogP) is 5.30. The Labute approximate surface area is 159 Å². The van der Waals surface area contributed by atoms with Crippen molar-refractivity contribution in [2.45, 2.75) is 13.0 Å².